The van der Waals surface area contributed by atoms with Crippen molar-refractivity contribution in [3.63, 3.8) is 0 Å². The van der Waals surface area contributed by atoms with Crippen LogP contribution in [-0.4, -0.2) is 57.2 Å². The van der Waals surface area contributed by atoms with Gasteiger partial charge in [0.2, 0.25) is 11.8 Å². The highest BCUT2D eigenvalue weighted by Crippen LogP contribution is 2.27. The summed E-state index contributed by atoms with van der Waals surface area (Å²) in [5.41, 5.74) is 2.11. The van der Waals surface area contributed by atoms with Crippen LogP contribution in [0.5, 0.6) is 0 Å². The maximum Gasteiger partial charge on any atom is 0.408 e. The number of imidazole rings is 1. The summed E-state index contributed by atoms with van der Waals surface area (Å²) in [6.07, 6.45) is 5.55. The third kappa shape index (κ3) is 12.9. The fourth-order valence-corrected chi connectivity index (χ4v) is 5.82. The Balaban J connectivity index is 1.38. The van der Waals surface area contributed by atoms with Crippen molar-refractivity contribution in [2.45, 2.75) is 103 Å². The van der Waals surface area contributed by atoms with E-state index in [1.54, 1.807) is 54.1 Å². The van der Waals surface area contributed by atoms with Crippen LogP contribution >= 0.6 is 0 Å². The van der Waals surface area contributed by atoms with Gasteiger partial charge in [-0.3, -0.25) is 14.4 Å². The summed E-state index contributed by atoms with van der Waals surface area (Å²) in [5.74, 6) is -1.30. The standard InChI is InChI=1S/C42H53N5O6/c1-7-52-38(49)34(33-25-23-32(24-26-33)31-19-12-9-13-20-31)21-15-27-47-28-36(43-29-47)45-37(48)35(22-14-18-30-16-10-8-11-17-30)44-39(50)42(5,6)46-40(51)53-41(2,3)4/h8-13,16-17,19-20,23-26,28-29,34-35H,7,14-15,18,21-22,27H2,1-6H3,(H,44,50)(H,45,48)(H,46,51)/t34?,35-/m1/s1. The number of esters is 1. The van der Waals surface area contributed by atoms with Gasteiger partial charge in [-0.1, -0.05) is 84.9 Å². The molecule has 1 aromatic heterocycles. The lowest BCUT2D eigenvalue weighted by Gasteiger charge is -2.29. The molecule has 1 unspecified atom stereocenters. The average molecular weight is 724 g/mol. The molecule has 0 saturated carbocycles. The molecule has 3 N–H and O–H groups in total. The summed E-state index contributed by atoms with van der Waals surface area (Å²) in [6.45, 7) is 11.0. The number of hydrogen-bond acceptors (Lipinski definition) is 7. The summed E-state index contributed by atoms with van der Waals surface area (Å²) in [7, 11) is 0. The minimum absolute atomic E-state index is 0.261. The van der Waals surface area contributed by atoms with Gasteiger partial charge in [0.15, 0.2) is 5.82 Å². The molecular formula is C42H53N5O6. The van der Waals surface area contributed by atoms with E-state index in [4.69, 9.17) is 9.47 Å². The molecule has 0 spiro atoms. The predicted molar refractivity (Wildman–Crippen MR) is 206 cm³/mol. The van der Waals surface area contributed by atoms with Gasteiger partial charge in [-0.15, -0.1) is 0 Å². The maximum atomic E-state index is 13.6. The second-order valence-electron chi connectivity index (χ2n) is 14.6. The fraction of sp³-hybridized carbons (Fsp3) is 0.405. The third-order valence-electron chi connectivity index (χ3n) is 8.59. The highest BCUT2D eigenvalue weighted by molar-refractivity contribution is 5.98. The molecule has 2 atom stereocenters. The Kier molecular flexibility index (Phi) is 14.4. The number of benzene rings is 3. The second-order valence-corrected chi connectivity index (χ2v) is 14.6. The van der Waals surface area contributed by atoms with Crippen molar-refractivity contribution in [2.24, 2.45) is 0 Å². The number of ether oxygens (including phenoxy) is 2. The summed E-state index contributed by atoms with van der Waals surface area (Å²) >= 11 is 0. The molecule has 0 saturated heterocycles. The monoisotopic (exact) mass is 723 g/mol. The quantitative estimate of drug-likeness (QED) is 0.0963. The zero-order chi connectivity index (χ0) is 38.4. The van der Waals surface area contributed by atoms with Gasteiger partial charge in [0.05, 0.1) is 18.9 Å². The Morgan fingerprint density at radius 1 is 0.811 bits per heavy atom. The van der Waals surface area contributed by atoms with Gasteiger partial charge in [0, 0.05) is 12.7 Å². The van der Waals surface area contributed by atoms with Crippen molar-refractivity contribution < 1.29 is 28.7 Å². The van der Waals surface area contributed by atoms with E-state index >= 15 is 0 Å². The summed E-state index contributed by atoms with van der Waals surface area (Å²) in [4.78, 5) is 56.8. The summed E-state index contributed by atoms with van der Waals surface area (Å²) < 4.78 is 12.6. The number of carbonyl (C=O) groups is 4. The van der Waals surface area contributed by atoms with E-state index < -0.39 is 41.0 Å². The molecule has 11 nitrogen and oxygen atoms in total. The Bertz CT molecular complexity index is 1780. The van der Waals surface area contributed by atoms with Crippen molar-refractivity contribution in [3.8, 4) is 11.1 Å². The lowest BCUT2D eigenvalue weighted by molar-refractivity contribution is -0.145. The molecule has 4 aromatic rings. The van der Waals surface area contributed by atoms with E-state index in [0.717, 1.165) is 28.7 Å². The van der Waals surface area contributed by atoms with Crippen LogP contribution in [-0.2, 0) is 36.8 Å². The zero-order valence-corrected chi connectivity index (χ0v) is 31.7. The largest absolute Gasteiger partial charge is 0.466 e. The lowest BCUT2D eigenvalue weighted by atomic mass is 9.92. The number of rotatable bonds is 17. The Morgan fingerprint density at radius 2 is 1.45 bits per heavy atom. The minimum atomic E-state index is -1.35. The van der Waals surface area contributed by atoms with Crippen LogP contribution in [0.3, 0.4) is 0 Å². The number of amides is 3. The highest BCUT2D eigenvalue weighted by Gasteiger charge is 2.34. The predicted octanol–water partition coefficient (Wildman–Crippen LogP) is 7.43. The second kappa shape index (κ2) is 18.9. The number of nitrogens with zero attached hydrogens (tertiary/aromatic N) is 2. The molecule has 53 heavy (non-hydrogen) atoms. The highest BCUT2D eigenvalue weighted by atomic mass is 16.6. The number of aromatic nitrogens is 2. The van der Waals surface area contributed by atoms with Crippen LogP contribution in [0.4, 0.5) is 10.6 Å². The van der Waals surface area contributed by atoms with Gasteiger partial charge in [0.1, 0.15) is 17.2 Å². The molecule has 282 valence electrons. The van der Waals surface area contributed by atoms with Gasteiger partial charge >= 0.3 is 12.1 Å². The smallest absolute Gasteiger partial charge is 0.408 e. The number of alkyl carbamates (subject to hydrolysis) is 1. The normalized spacial score (nSPS) is 12.6. The molecule has 0 aliphatic heterocycles. The van der Waals surface area contributed by atoms with Gasteiger partial charge in [-0.25, -0.2) is 9.78 Å². The number of nitrogens with one attached hydrogen (secondary N) is 3. The van der Waals surface area contributed by atoms with Crippen molar-refractivity contribution in [3.05, 3.63) is 109 Å². The molecule has 0 aliphatic carbocycles. The van der Waals surface area contributed by atoms with Crippen LogP contribution < -0.4 is 16.0 Å². The molecule has 4 rings (SSSR count). The molecule has 3 aromatic carbocycles. The number of carbonyl (C=O) groups excluding carboxylic acids is 4. The number of hydrogen-bond donors (Lipinski definition) is 3. The van der Waals surface area contributed by atoms with E-state index in [0.29, 0.717) is 44.7 Å². The zero-order valence-electron chi connectivity index (χ0n) is 31.7. The molecular weight excluding hydrogens is 670 g/mol. The van der Waals surface area contributed by atoms with E-state index in [9.17, 15) is 19.2 Å². The van der Waals surface area contributed by atoms with Crippen LogP contribution in [0.15, 0.2) is 97.5 Å². The minimum Gasteiger partial charge on any atom is -0.466 e. The first-order valence-electron chi connectivity index (χ1n) is 18.2. The first-order valence-corrected chi connectivity index (χ1v) is 18.2. The Labute approximate surface area is 312 Å². The van der Waals surface area contributed by atoms with Crippen molar-refractivity contribution >= 4 is 29.7 Å². The SMILES string of the molecule is CCOC(=O)C(CCCn1cnc(NC(=O)[C@@H](CCCc2ccccc2)NC(=O)C(C)(C)NC(=O)OC(C)(C)C)c1)c1ccc(-c2ccccc2)cc1. The number of aryl methyl sites for hydroxylation is 2. The van der Waals surface area contributed by atoms with Crippen molar-refractivity contribution in [2.75, 3.05) is 11.9 Å². The van der Waals surface area contributed by atoms with Crippen LogP contribution in [0.1, 0.15) is 84.3 Å². The third-order valence-corrected chi connectivity index (χ3v) is 8.59. The molecule has 0 radical (unpaired) electrons. The maximum absolute atomic E-state index is 13.6. The molecule has 0 aliphatic rings. The topological polar surface area (TPSA) is 141 Å². The molecule has 3 amide bonds. The first-order chi connectivity index (χ1) is 25.2. The van der Waals surface area contributed by atoms with Crippen molar-refractivity contribution in [1.29, 1.82) is 0 Å². The van der Waals surface area contributed by atoms with Gasteiger partial charge in [-0.05, 0) is 95.9 Å². The van der Waals surface area contributed by atoms with Gasteiger partial charge in [0.25, 0.3) is 0 Å². The van der Waals surface area contributed by atoms with Gasteiger partial charge < -0.3 is 30.0 Å². The van der Waals surface area contributed by atoms with Gasteiger partial charge in [-0.2, -0.15) is 0 Å². The molecule has 1 heterocycles. The van der Waals surface area contributed by atoms with E-state index in [2.05, 4.69) is 33.1 Å². The fourth-order valence-electron chi connectivity index (χ4n) is 5.82. The Morgan fingerprint density at radius 3 is 2.09 bits per heavy atom. The van der Waals surface area contributed by atoms with E-state index in [1.807, 2.05) is 77.4 Å². The Hall–Kier alpha value is -5.45. The molecule has 0 bridgehead atoms. The van der Waals surface area contributed by atoms with Crippen LogP contribution in [0, 0.1) is 0 Å². The van der Waals surface area contributed by atoms with Crippen LogP contribution in [0.25, 0.3) is 11.1 Å². The van der Waals surface area contributed by atoms with Crippen LogP contribution in [0.2, 0.25) is 0 Å². The number of anilines is 1. The summed E-state index contributed by atoms with van der Waals surface area (Å²) in [6, 6.07) is 27.1. The van der Waals surface area contributed by atoms with E-state index in [-0.39, 0.29) is 5.97 Å². The summed E-state index contributed by atoms with van der Waals surface area (Å²) in [5, 5.41) is 8.28. The average Bonchev–Trinajstić information content (AvgIpc) is 3.56. The lowest BCUT2D eigenvalue weighted by Crippen LogP contribution is -2.58. The van der Waals surface area contributed by atoms with Crippen molar-refractivity contribution in [1.82, 2.24) is 20.2 Å². The molecule has 0 fully saturated rings. The molecule has 11 heteroatoms. The van der Waals surface area contributed by atoms with E-state index in [1.165, 1.54) is 0 Å². The first kappa shape index (κ1) is 40.3.